The predicted octanol–water partition coefficient (Wildman–Crippen LogP) is 17.5. The zero-order chi connectivity index (χ0) is 50.4. The number of fused-ring (bicyclic) bond motifs is 6. The molecular formula is C64H40N2O. The Morgan fingerprint density at radius 3 is 1.43 bits per heavy atom. The number of rotatable bonds is 7. The van der Waals surface area contributed by atoms with E-state index in [1.807, 2.05) is 54.6 Å². The van der Waals surface area contributed by atoms with Crippen molar-refractivity contribution in [3.63, 3.8) is 0 Å². The number of pyridine rings is 2. The Morgan fingerprint density at radius 2 is 0.806 bits per heavy atom. The van der Waals surface area contributed by atoms with Crippen molar-refractivity contribution in [2.24, 2.45) is 0 Å². The van der Waals surface area contributed by atoms with Gasteiger partial charge in [0.05, 0.1) is 26.3 Å². The van der Waals surface area contributed by atoms with Gasteiger partial charge in [0.2, 0.25) is 0 Å². The van der Waals surface area contributed by atoms with E-state index >= 15 is 0 Å². The maximum atomic E-state index is 9.27. The van der Waals surface area contributed by atoms with Crippen molar-refractivity contribution in [1.82, 2.24) is 9.97 Å². The fourth-order valence-corrected chi connectivity index (χ4v) is 9.89. The highest BCUT2D eigenvalue weighted by molar-refractivity contribution is 6.23. The predicted molar refractivity (Wildman–Crippen MR) is 280 cm³/mol. The lowest BCUT2D eigenvalue weighted by Gasteiger charge is -2.17. The molecule has 3 nitrogen and oxygen atoms in total. The average Bonchev–Trinajstić information content (AvgIpc) is 3.84. The van der Waals surface area contributed by atoms with Gasteiger partial charge in [-0.2, -0.15) is 0 Å². The van der Waals surface area contributed by atoms with Crippen molar-refractivity contribution >= 4 is 54.1 Å². The van der Waals surface area contributed by atoms with Crippen molar-refractivity contribution in [2.75, 3.05) is 0 Å². The first-order chi connectivity index (χ1) is 36.2. The summed E-state index contributed by atoms with van der Waals surface area (Å²) < 4.78 is 68.7. The molecule has 0 fully saturated rings. The first-order valence-electron chi connectivity index (χ1n) is 25.7. The molecule has 0 atom stereocenters. The molecule has 0 N–H and O–H groups in total. The molecule has 3 aromatic heterocycles. The molecule has 67 heavy (non-hydrogen) atoms. The minimum absolute atomic E-state index is 0.0172. The Morgan fingerprint density at radius 1 is 0.343 bits per heavy atom. The molecule has 0 unspecified atom stereocenters. The van der Waals surface area contributed by atoms with Gasteiger partial charge in [0.1, 0.15) is 11.5 Å². The fourth-order valence-electron chi connectivity index (χ4n) is 9.89. The largest absolute Gasteiger partial charge is 0.455 e. The zero-order valence-electron chi connectivity index (χ0n) is 42.9. The third-order valence-corrected chi connectivity index (χ3v) is 12.8. The van der Waals surface area contributed by atoms with Gasteiger partial charge in [-0.3, -0.25) is 4.98 Å². The van der Waals surface area contributed by atoms with Crippen molar-refractivity contribution in [3.05, 3.63) is 243 Å². The van der Waals surface area contributed by atoms with Gasteiger partial charge < -0.3 is 4.42 Å². The van der Waals surface area contributed by atoms with E-state index in [-0.39, 0.29) is 45.6 Å². The quantitative estimate of drug-likeness (QED) is 0.118. The van der Waals surface area contributed by atoms with Gasteiger partial charge in [-0.15, -0.1) is 0 Å². The van der Waals surface area contributed by atoms with Gasteiger partial charge in [0.25, 0.3) is 0 Å². The van der Waals surface area contributed by atoms with Gasteiger partial charge in [-0.25, -0.2) is 4.98 Å². The second kappa shape index (κ2) is 16.0. The Balaban J connectivity index is 1.04. The third-order valence-electron chi connectivity index (χ3n) is 12.8. The second-order valence-electron chi connectivity index (χ2n) is 16.6. The standard InChI is InChI=1S/C64H40N2O/c1-4-18-41(19-5-1)57-52-29-12-14-31-54(52)60(55-32-15-13-30-53(55)57)64-59(43-22-8-3-9-23-43)58(42-20-6-2-7-21-42)63(67-64)47-25-16-24-46(40-47)48-36-37-51(50-28-11-10-27-49(48)50)56-38-35-45-34-33-44-26-17-39-65-61(44)62(45)66-56/h1-40H/i17D,26D,33D,34D,35D,38D,39D. The van der Waals surface area contributed by atoms with Crippen LogP contribution in [-0.2, 0) is 0 Å². The van der Waals surface area contributed by atoms with Gasteiger partial charge in [0.15, 0.2) is 0 Å². The number of hydrogen-bond donors (Lipinski definition) is 0. The Kier molecular flexibility index (Phi) is 7.58. The highest BCUT2D eigenvalue weighted by atomic mass is 16.3. The summed E-state index contributed by atoms with van der Waals surface area (Å²) in [7, 11) is 0. The lowest BCUT2D eigenvalue weighted by Crippen LogP contribution is -1.91. The highest BCUT2D eigenvalue weighted by Gasteiger charge is 2.29. The van der Waals surface area contributed by atoms with Crippen molar-refractivity contribution in [3.8, 4) is 78.4 Å². The van der Waals surface area contributed by atoms with Crippen LogP contribution in [0.25, 0.3) is 133 Å². The topological polar surface area (TPSA) is 38.9 Å². The summed E-state index contributed by atoms with van der Waals surface area (Å²) in [5.74, 6) is 1.47. The van der Waals surface area contributed by atoms with Crippen LogP contribution in [0.5, 0.6) is 0 Å². The molecule has 13 aromatic rings. The van der Waals surface area contributed by atoms with E-state index in [0.717, 1.165) is 88.1 Å². The molecule has 13 rings (SSSR count). The van der Waals surface area contributed by atoms with E-state index in [2.05, 4.69) is 151 Å². The van der Waals surface area contributed by atoms with Gasteiger partial charge in [-0.1, -0.05) is 218 Å². The summed E-state index contributed by atoms with van der Waals surface area (Å²) in [6, 6.07) is 66.7. The Bertz CT molecular complexity index is 4390. The van der Waals surface area contributed by atoms with Crippen LogP contribution in [0.15, 0.2) is 247 Å². The maximum absolute atomic E-state index is 9.27. The van der Waals surface area contributed by atoms with Gasteiger partial charge in [-0.05, 0) is 83.8 Å². The zero-order valence-corrected chi connectivity index (χ0v) is 35.9. The Hall–Kier alpha value is -8.92. The van der Waals surface area contributed by atoms with Gasteiger partial charge in [0, 0.05) is 44.8 Å². The maximum Gasteiger partial charge on any atom is 0.144 e. The SMILES string of the molecule is [2H]c1nc2c(c([2H])c1[2H])c([2H])c([2H])c1c([2H])c([2H])c(-c3ccc(-c4cccc(-c5oc(-c6c7ccccc7c(-c7ccccc7)c7ccccc67)c(-c6ccccc6)c5-c5ccccc5)c4)c4ccccc34)nc12. The lowest BCUT2D eigenvalue weighted by molar-refractivity contribution is 0.600. The monoisotopic (exact) mass is 859 g/mol. The highest BCUT2D eigenvalue weighted by Crippen LogP contribution is 2.53. The minimum atomic E-state index is -0.472. The van der Waals surface area contributed by atoms with Crippen molar-refractivity contribution in [1.29, 1.82) is 0 Å². The molecule has 3 heteroatoms. The number of hydrogen-bond acceptors (Lipinski definition) is 3. The number of aromatic nitrogens is 2. The molecule has 10 aromatic carbocycles. The van der Waals surface area contributed by atoms with Crippen molar-refractivity contribution < 1.29 is 14.0 Å². The molecule has 0 saturated heterocycles. The Labute approximate surface area is 397 Å². The summed E-state index contributed by atoms with van der Waals surface area (Å²) in [5, 5.41) is 5.88. The van der Waals surface area contributed by atoms with Crippen molar-refractivity contribution in [2.45, 2.75) is 0 Å². The molecule has 312 valence electrons. The van der Waals surface area contributed by atoms with E-state index < -0.39 is 24.3 Å². The van der Waals surface area contributed by atoms with E-state index in [4.69, 9.17) is 17.6 Å². The normalized spacial score (nSPS) is 13.0. The fraction of sp³-hybridized carbons (Fsp3) is 0. The van der Waals surface area contributed by atoms with Crippen LogP contribution in [0.2, 0.25) is 0 Å². The van der Waals surface area contributed by atoms with Crippen LogP contribution in [0.3, 0.4) is 0 Å². The summed E-state index contributed by atoms with van der Waals surface area (Å²) in [6.07, 6.45) is -0.472. The van der Waals surface area contributed by atoms with Crippen LogP contribution < -0.4 is 0 Å². The van der Waals surface area contributed by atoms with Crippen LogP contribution >= 0.6 is 0 Å². The molecular weight excluding hydrogens is 813 g/mol. The molecule has 0 radical (unpaired) electrons. The second-order valence-corrected chi connectivity index (χ2v) is 16.6. The molecule has 0 aliphatic heterocycles. The number of benzene rings is 10. The summed E-state index contributed by atoms with van der Waals surface area (Å²) in [4.78, 5) is 9.17. The van der Waals surface area contributed by atoms with E-state index in [1.165, 1.54) is 5.56 Å². The van der Waals surface area contributed by atoms with E-state index in [9.17, 15) is 1.37 Å². The first kappa shape index (κ1) is 31.9. The molecule has 0 saturated carbocycles. The number of furan rings is 1. The molecule has 3 heterocycles. The summed E-state index contributed by atoms with van der Waals surface area (Å²) in [6.45, 7) is 0. The molecule has 0 bridgehead atoms. The number of nitrogens with zero attached hydrogens (tertiary/aromatic N) is 2. The first-order valence-corrected chi connectivity index (χ1v) is 22.2. The molecule has 0 spiro atoms. The molecule has 0 amide bonds. The average molecular weight is 860 g/mol. The van der Waals surface area contributed by atoms with Gasteiger partial charge >= 0.3 is 0 Å². The molecule has 0 aliphatic rings. The summed E-state index contributed by atoms with van der Waals surface area (Å²) in [5.41, 5.74) is 10.7. The smallest absolute Gasteiger partial charge is 0.144 e. The minimum Gasteiger partial charge on any atom is -0.455 e. The van der Waals surface area contributed by atoms with E-state index in [0.29, 0.717) is 11.3 Å². The lowest BCUT2D eigenvalue weighted by atomic mass is 9.85. The summed E-state index contributed by atoms with van der Waals surface area (Å²) >= 11 is 0. The van der Waals surface area contributed by atoms with Crippen LogP contribution in [0, 0.1) is 0 Å². The van der Waals surface area contributed by atoms with Crippen LogP contribution in [0.4, 0.5) is 0 Å². The molecule has 0 aliphatic carbocycles. The van der Waals surface area contributed by atoms with E-state index in [1.54, 1.807) is 0 Å². The van der Waals surface area contributed by atoms with Crippen LogP contribution in [0.1, 0.15) is 9.60 Å². The third kappa shape index (κ3) is 6.43. The van der Waals surface area contributed by atoms with Crippen LogP contribution in [-0.4, -0.2) is 9.97 Å².